The fourth-order valence-electron chi connectivity index (χ4n) is 2.99. The minimum Gasteiger partial charge on any atom is -0.344 e. The molecule has 7 heteroatoms. The zero-order valence-corrected chi connectivity index (χ0v) is 13.3. The van der Waals surface area contributed by atoms with Crippen molar-refractivity contribution >= 4 is 17.5 Å². The largest absolute Gasteiger partial charge is 0.344 e. The third kappa shape index (κ3) is 3.16. The molecule has 1 amide bonds. The van der Waals surface area contributed by atoms with Crippen LogP contribution in [-0.4, -0.2) is 38.3 Å². The lowest BCUT2D eigenvalue weighted by molar-refractivity contribution is -0.132. The van der Waals surface area contributed by atoms with Gasteiger partial charge in [0.05, 0.1) is 18.3 Å². The number of rotatable bonds is 5. The predicted molar refractivity (Wildman–Crippen MR) is 81.5 cm³/mol. The molecule has 1 aliphatic rings. The van der Waals surface area contributed by atoms with Gasteiger partial charge in [-0.25, -0.2) is 0 Å². The minimum absolute atomic E-state index is 0.159. The highest BCUT2D eigenvalue weighted by atomic mass is 35.5. The van der Waals surface area contributed by atoms with Crippen LogP contribution in [0.4, 0.5) is 0 Å². The van der Waals surface area contributed by atoms with Gasteiger partial charge < -0.3 is 9.42 Å². The molecular formula is C15H19ClN4O2. The average Bonchev–Trinajstić information content (AvgIpc) is 3.22. The molecule has 0 saturated carbocycles. The molecule has 1 fully saturated rings. The summed E-state index contributed by atoms with van der Waals surface area (Å²) in [7, 11) is 0. The molecule has 0 radical (unpaired) electrons. The number of halogens is 1. The van der Waals surface area contributed by atoms with E-state index in [-0.39, 0.29) is 11.9 Å². The maximum Gasteiger partial charge on any atom is 0.229 e. The van der Waals surface area contributed by atoms with E-state index in [0.717, 1.165) is 37.2 Å². The quantitative estimate of drug-likeness (QED) is 0.848. The minimum atomic E-state index is 0.159. The molecule has 0 aromatic carbocycles. The number of amides is 1. The van der Waals surface area contributed by atoms with Crippen LogP contribution in [-0.2, 0) is 17.8 Å². The maximum absolute atomic E-state index is 12.5. The summed E-state index contributed by atoms with van der Waals surface area (Å²) in [5, 5.41) is 8.33. The number of likely N-dealkylation sites (tertiary alicyclic amines) is 1. The SMILES string of the molecule is Cc1noc(Cl)c1CCC(=O)N1CCC[C@H]1Cn1cccn1. The second-order valence-electron chi connectivity index (χ2n) is 5.63. The lowest BCUT2D eigenvalue weighted by atomic mass is 10.1. The van der Waals surface area contributed by atoms with Crippen LogP contribution in [0.2, 0.25) is 5.22 Å². The van der Waals surface area contributed by atoms with Crippen molar-refractivity contribution in [2.24, 2.45) is 0 Å². The van der Waals surface area contributed by atoms with Crippen LogP contribution in [0.3, 0.4) is 0 Å². The Morgan fingerprint density at radius 2 is 2.41 bits per heavy atom. The van der Waals surface area contributed by atoms with Crippen molar-refractivity contribution in [3.05, 3.63) is 34.9 Å². The van der Waals surface area contributed by atoms with Gasteiger partial charge in [-0.15, -0.1) is 0 Å². The molecule has 1 atom stereocenters. The van der Waals surface area contributed by atoms with Gasteiger partial charge in [-0.05, 0) is 43.9 Å². The Kier molecular flexibility index (Phi) is 4.47. The lowest BCUT2D eigenvalue weighted by Crippen LogP contribution is -2.38. The van der Waals surface area contributed by atoms with Gasteiger partial charge in [0, 0.05) is 30.9 Å². The molecular weight excluding hydrogens is 304 g/mol. The summed E-state index contributed by atoms with van der Waals surface area (Å²) in [6.45, 7) is 3.42. The number of nitrogens with zero attached hydrogens (tertiary/aromatic N) is 4. The van der Waals surface area contributed by atoms with Crippen LogP contribution in [0.25, 0.3) is 0 Å². The Hall–Kier alpha value is -1.82. The smallest absolute Gasteiger partial charge is 0.229 e. The van der Waals surface area contributed by atoms with E-state index in [1.165, 1.54) is 0 Å². The van der Waals surface area contributed by atoms with Crippen LogP contribution in [0.15, 0.2) is 23.0 Å². The maximum atomic E-state index is 12.5. The van der Waals surface area contributed by atoms with E-state index >= 15 is 0 Å². The van der Waals surface area contributed by atoms with Gasteiger partial charge in [0.25, 0.3) is 0 Å². The van der Waals surface area contributed by atoms with Crippen LogP contribution in [0, 0.1) is 6.92 Å². The van der Waals surface area contributed by atoms with E-state index in [9.17, 15) is 4.79 Å². The second kappa shape index (κ2) is 6.52. The average molecular weight is 323 g/mol. The van der Waals surface area contributed by atoms with Crippen LogP contribution in [0.1, 0.15) is 30.5 Å². The lowest BCUT2D eigenvalue weighted by Gasteiger charge is -2.24. The number of carbonyl (C=O) groups is 1. The third-order valence-corrected chi connectivity index (χ3v) is 4.48. The van der Waals surface area contributed by atoms with Crippen molar-refractivity contribution in [1.29, 1.82) is 0 Å². The molecule has 0 aliphatic carbocycles. The highest BCUT2D eigenvalue weighted by Gasteiger charge is 2.29. The van der Waals surface area contributed by atoms with Gasteiger partial charge in [0.1, 0.15) is 0 Å². The molecule has 3 heterocycles. The van der Waals surface area contributed by atoms with Crippen molar-refractivity contribution in [3.8, 4) is 0 Å². The summed E-state index contributed by atoms with van der Waals surface area (Å²) in [5.41, 5.74) is 1.59. The molecule has 118 valence electrons. The van der Waals surface area contributed by atoms with E-state index in [0.29, 0.717) is 18.1 Å². The summed E-state index contributed by atoms with van der Waals surface area (Å²) >= 11 is 5.95. The van der Waals surface area contributed by atoms with E-state index in [1.807, 2.05) is 28.8 Å². The van der Waals surface area contributed by atoms with Crippen molar-refractivity contribution in [2.75, 3.05) is 6.54 Å². The van der Waals surface area contributed by atoms with Crippen LogP contribution < -0.4 is 0 Å². The summed E-state index contributed by atoms with van der Waals surface area (Å²) < 4.78 is 6.81. The Balaban J connectivity index is 1.59. The number of aryl methyl sites for hydroxylation is 1. The van der Waals surface area contributed by atoms with Gasteiger partial charge in [0.15, 0.2) is 0 Å². The summed E-state index contributed by atoms with van der Waals surface area (Å²) in [6.07, 6.45) is 6.76. The van der Waals surface area contributed by atoms with Gasteiger partial charge in [0.2, 0.25) is 11.1 Å². The summed E-state index contributed by atoms with van der Waals surface area (Å²) in [5.74, 6) is 0.159. The van der Waals surface area contributed by atoms with E-state index in [2.05, 4.69) is 10.3 Å². The van der Waals surface area contributed by atoms with E-state index in [1.54, 1.807) is 6.20 Å². The van der Waals surface area contributed by atoms with E-state index in [4.69, 9.17) is 16.1 Å². The Labute approximate surface area is 134 Å². The van der Waals surface area contributed by atoms with E-state index < -0.39 is 0 Å². The second-order valence-corrected chi connectivity index (χ2v) is 5.97. The zero-order chi connectivity index (χ0) is 15.5. The van der Waals surface area contributed by atoms with Gasteiger partial charge in [-0.2, -0.15) is 5.10 Å². The van der Waals surface area contributed by atoms with Gasteiger partial charge >= 0.3 is 0 Å². The molecule has 0 bridgehead atoms. The first-order valence-electron chi connectivity index (χ1n) is 7.52. The van der Waals surface area contributed by atoms with Gasteiger partial charge in [-0.3, -0.25) is 9.48 Å². The van der Waals surface area contributed by atoms with Crippen LogP contribution in [0.5, 0.6) is 0 Å². The Morgan fingerprint density at radius 3 is 3.09 bits per heavy atom. The fraction of sp³-hybridized carbons (Fsp3) is 0.533. The monoisotopic (exact) mass is 322 g/mol. The number of carbonyl (C=O) groups excluding carboxylic acids is 1. The molecule has 2 aromatic rings. The first kappa shape index (κ1) is 15.1. The normalized spacial score (nSPS) is 18.1. The number of hydrogen-bond acceptors (Lipinski definition) is 4. The van der Waals surface area contributed by atoms with Crippen LogP contribution >= 0.6 is 11.6 Å². The molecule has 6 nitrogen and oxygen atoms in total. The van der Waals surface area contributed by atoms with Crippen molar-refractivity contribution in [1.82, 2.24) is 19.8 Å². The van der Waals surface area contributed by atoms with Crippen molar-refractivity contribution in [3.63, 3.8) is 0 Å². The summed E-state index contributed by atoms with van der Waals surface area (Å²) in [6, 6.07) is 2.13. The summed E-state index contributed by atoms with van der Waals surface area (Å²) in [4.78, 5) is 14.5. The first-order valence-corrected chi connectivity index (χ1v) is 7.90. The molecule has 2 aromatic heterocycles. The first-order chi connectivity index (χ1) is 10.6. The number of hydrogen-bond donors (Lipinski definition) is 0. The Bertz CT molecular complexity index is 619. The predicted octanol–water partition coefficient (Wildman–Crippen LogP) is 2.46. The molecule has 3 rings (SSSR count). The van der Waals surface area contributed by atoms with Crippen molar-refractivity contribution < 1.29 is 9.32 Å². The van der Waals surface area contributed by atoms with Gasteiger partial charge in [-0.1, -0.05) is 5.16 Å². The molecule has 1 saturated heterocycles. The highest BCUT2D eigenvalue weighted by Crippen LogP contribution is 2.23. The molecule has 0 spiro atoms. The topological polar surface area (TPSA) is 64.2 Å². The molecule has 22 heavy (non-hydrogen) atoms. The van der Waals surface area contributed by atoms with Crippen molar-refractivity contribution in [2.45, 2.75) is 45.2 Å². The molecule has 0 unspecified atom stereocenters. The highest BCUT2D eigenvalue weighted by molar-refractivity contribution is 6.29. The molecule has 1 aliphatic heterocycles. The standard InChI is InChI=1S/C15H19ClN4O2/c1-11-13(15(16)22-18-11)5-6-14(21)20-9-2-4-12(20)10-19-8-3-7-17-19/h3,7-8,12H,2,4-6,9-10H2,1H3/t12-/m0/s1. The zero-order valence-electron chi connectivity index (χ0n) is 12.5. The molecule has 0 N–H and O–H groups in total. The fourth-order valence-corrected chi connectivity index (χ4v) is 3.26. The Morgan fingerprint density at radius 1 is 1.55 bits per heavy atom. The number of aromatic nitrogens is 3. The third-order valence-electron chi connectivity index (χ3n) is 4.18.